The molecule has 0 aliphatic carbocycles. The Hall–Kier alpha value is -1.06. The van der Waals surface area contributed by atoms with Crippen molar-refractivity contribution in [1.29, 1.82) is 0 Å². The molecule has 1 N–H and O–H groups in total. The van der Waals surface area contributed by atoms with E-state index >= 15 is 0 Å². The van der Waals surface area contributed by atoms with Gasteiger partial charge in [-0.15, -0.1) is 11.8 Å². The molecule has 2 unspecified atom stereocenters. The number of aliphatic carboxylic acids is 1. The Labute approximate surface area is 127 Å². The van der Waals surface area contributed by atoms with Crippen molar-refractivity contribution >= 4 is 27.8 Å². The molecule has 0 spiro atoms. The van der Waals surface area contributed by atoms with Gasteiger partial charge in [-0.05, 0) is 20.3 Å². The minimum absolute atomic E-state index is 0.0163. The van der Waals surface area contributed by atoms with E-state index in [1.807, 2.05) is 6.92 Å². The highest BCUT2D eigenvalue weighted by atomic mass is 32.2. The topological polar surface area (TPSA) is 101 Å². The summed E-state index contributed by atoms with van der Waals surface area (Å²) in [6.45, 7) is 4.99. The minimum atomic E-state index is -3.95. The number of thioether (sulfide) groups is 1. The van der Waals surface area contributed by atoms with Gasteiger partial charge in [-0.1, -0.05) is 18.5 Å². The number of hydrogen-bond donors (Lipinski definition) is 1. The summed E-state index contributed by atoms with van der Waals surface area (Å²) in [4.78, 5) is 11.4. The molecular weight excluding hydrogens is 316 g/mol. The van der Waals surface area contributed by atoms with Crippen molar-refractivity contribution in [2.45, 2.75) is 49.9 Å². The Morgan fingerprint density at radius 1 is 1.52 bits per heavy atom. The van der Waals surface area contributed by atoms with Gasteiger partial charge in [0.1, 0.15) is 16.6 Å². The molecule has 0 amide bonds. The maximum atomic E-state index is 12.9. The van der Waals surface area contributed by atoms with Crippen molar-refractivity contribution in [1.82, 2.24) is 9.46 Å². The molecule has 0 bridgehead atoms. The van der Waals surface area contributed by atoms with Gasteiger partial charge >= 0.3 is 5.97 Å². The predicted molar refractivity (Wildman–Crippen MR) is 77.6 cm³/mol. The standard InChI is InChI=1S/C12H18N2O5S2/c1-4-5-10-14(9(6-20-10)12(15)16)21(17,18)11-7(2)13-19-8(11)3/h9-10H,4-6H2,1-3H3,(H,15,16). The van der Waals surface area contributed by atoms with E-state index in [1.54, 1.807) is 0 Å². The highest BCUT2D eigenvalue weighted by Gasteiger charge is 2.47. The van der Waals surface area contributed by atoms with E-state index in [0.717, 1.165) is 10.7 Å². The molecule has 1 aromatic heterocycles. The van der Waals surface area contributed by atoms with Crippen molar-refractivity contribution in [3.05, 3.63) is 11.5 Å². The number of rotatable bonds is 5. The second kappa shape index (κ2) is 5.98. The molecule has 7 nitrogen and oxygen atoms in total. The zero-order chi connectivity index (χ0) is 15.8. The summed E-state index contributed by atoms with van der Waals surface area (Å²) in [6, 6.07) is -1.05. The lowest BCUT2D eigenvalue weighted by Crippen LogP contribution is -2.45. The van der Waals surface area contributed by atoms with Crippen molar-refractivity contribution in [3.8, 4) is 0 Å². The second-order valence-corrected chi connectivity index (χ2v) is 7.91. The minimum Gasteiger partial charge on any atom is -0.480 e. The van der Waals surface area contributed by atoms with Gasteiger partial charge in [0.05, 0.1) is 5.37 Å². The number of carboxylic acid groups (broad SMARTS) is 1. The highest BCUT2D eigenvalue weighted by molar-refractivity contribution is 8.01. The van der Waals surface area contributed by atoms with Crippen molar-refractivity contribution in [2.75, 3.05) is 5.75 Å². The molecule has 2 heterocycles. The monoisotopic (exact) mass is 334 g/mol. The number of sulfonamides is 1. The molecule has 21 heavy (non-hydrogen) atoms. The third kappa shape index (κ3) is 2.82. The Morgan fingerprint density at radius 2 is 2.19 bits per heavy atom. The Morgan fingerprint density at radius 3 is 2.67 bits per heavy atom. The van der Waals surface area contributed by atoms with E-state index in [9.17, 15) is 18.3 Å². The largest absolute Gasteiger partial charge is 0.480 e. The first-order valence-electron chi connectivity index (χ1n) is 6.61. The van der Waals surface area contributed by atoms with Gasteiger partial charge < -0.3 is 9.63 Å². The lowest BCUT2D eigenvalue weighted by atomic mass is 10.3. The van der Waals surface area contributed by atoms with Crippen LogP contribution in [0.3, 0.4) is 0 Å². The molecule has 1 aromatic rings. The van der Waals surface area contributed by atoms with E-state index < -0.39 is 22.0 Å². The third-order valence-electron chi connectivity index (χ3n) is 3.36. The summed E-state index contributed by atoms with van der Waals surface area (Å²) in [5.74, 6) is -0.692. The van der Waals surface area contributed by atoms with Crippen LogP contribution in [0.15, 0.2) is 9.42 Å². The zero-order valence-corrected chi connectivity index (χ0v) is 13.7. The van der Waals surface area contributed by atoms with E-state index in [-0.39, 0.29) is 27.5 Å². The average Bonchev–Trinajstić information content (AvgIpc) is 2.94. The summed E-state index contributed by atoms with van der Waals surface area (Å²) in [5.41, 5.74) is 0.254. The van der Waals surface area contributed by atoms with Crippen LogP contribution in [0.5, 0.6) is 0 Å². The molecule has 0 aromatic carbocycles. The maximum Gasteiger partial charge on any atom is 0.322 e. The van der Waals surface area contributed by atoms with Gasteiger partial charge in [0, 0.05) is 5.75 Å². The van der Waals surface area contributed by atoms with Crippen LogP contribution in [0.2, 0.25) is 0 Å². The molecular formula is C12H18N2O5S2. The van der Waals surface area contributed by atoms with Gasteiger partial charge in [-0.3, -0.25) is 4.79 Å². The number of carbonyl (C=O) groups is 1. The lowest BCUT2D eigenvalue weighted by molar-refractivity contribution is -0.140. The first-order valence-corrected chi connectivity index (χ1v) is 9.10. The first-order chi connectivity index (χ1) is 9.80. The van der Waals surface area contributed by atoms with Gasteiger partial charge in [0.2, 0.25) is 10.0 Å². The summed E-state index contributed by atoms with van der Waals surface area (Å²) in [6.07, 6.45) is 1.38. The molecule has 1 aliphatic rings. The molecule has 9 heteroatoms. The molecule has 1 saturated heterocycles. The van der Waals surface area contributed by atoms with E-state index in [1.165, 1.54) is 25.6 Å². The predicted octanol–water partition coefficient (Wildman–Crippen LogP) is 1.61. The van der Waals surface area contributed by atoms with Gasteiger partial charge in [0.15, 0.2) is 5.76 Å². The van der Waals surface area contributed by atoms with Gasteiger partial charge in [0.25, 0.3) is 0 Å². The highest BCUT2D eigenvalue weighted by Crippen LogP contribution is 2.38. The zero-order valence-electron chi connectivity index (χ0n) is 12.1. The number of carboxylic acids is 1. The van der Waals surface area contributed by atoms with Crippen LogP contribution in [0.4, 0.5) is 0 Å². The molecule has 0 saturated carbocycles. The molecule has 1 fully saturated rings. The quantitative estimate of drug-likeness (QED) is 0.873. The van der Waals surface area contributed by atoms with Crippen LogP contribution >= 0.6 is 11.8 Å². The van der Waals surface area contributed by atoms with Crippen molar-refractivity contribution in [2.24, 2.45) is 0 Å². The normalized spacial score (nSPS) is 23.6. The average molecular weight is 334 g/mol. The van der Waals surface area contributed by atoms with Gasteiger partial charge in [-0.2, -0.15) is 4.31 Å². The molecule has 1 aliphatic heterocycles. The van der Waals surface area contributed by atoms with Crippen LogP contribution < -0.4 is 0 Å². The van der Waals surface area contributed by atoms with Crippen LogP contribution in [0.25, 0.3) is 0 Å². The summed E-state index contributed by atoms with van der Waals surface area (Å²) >= 11 is 1.36. The van der Waals surface area contributed by atoms with E-state index in [4.69, 9.17) is 4.52 Å². The van der Waals surface area contributed by atoms with Crippen LogP contribution in [0, 0.1) is 13.8 Å². The van der Waals surface area contributed by atoms with Gasteiger partial charge in [-0.25, -0.2) is 8.42 Å². The lowest BCUT2D eigenvalue weighted by Gasteiger charge is -2.26. The summed E-state index contributed by atoms with van der Waals surface area (Å²) < 4.78 is 31.8. The Bertz CT molecular complexity index is 621. The maximum absolute atomic E-state index is 12.9. The summed E-state index contributed by atoms with van der Waals surface area (Å²) in [7, 11) is -3.95. The number of aromatic nitrogens is 1. The van der Waals surface area contributed by atoms with Crippen molar-refractivity contribution < 1.29 is 22.8 Å². The number of aryl methyl sites for hydroxylation is 2. The summed E-state index contributed by atoms with van der Waals surface area (Å²) in [5, 5.41) is 12.6. The fourth-order valence-electron chi connectivity index (χ4n) is 2.46. The van der Waals surface area contributed by atoms with E-state index in [0.29, 0.717) is 6.42 Å². The smallest absolute Gasteiger partial charge is 0.322 e. The van der Waals surface area contributed by atoms with Crippen LogP contribution in [-0.4, -0.2) is 46.1 Å². The van der Waals surface area contributed by atoms with Crippen LogP contribution in [0.1, 0.15) is 31.2 Å². The fourth-order valence-corrected chi connectivity index (χ4v) is 6.42. The SMILES string of the molecule is CCCC1SCC(C(=O)O)N1S(=O)(=O)c1c(C)noc1C. The second-order valence-electron chi connectivity index (χ2n) is 4.92. The van der Waals surface area contributed by atoms with Crippen LogP contribution in [-0.2, 0) is 14.8 Å². The third-order valence-corrected chi connectivity index (χ3v) is 7.01. The van der Waals surface area contributed by atoms with Crippen molar-refractivity contribution in [3.63, 3.8) is 0 Å². The number of nitrogens with zero attached hydrogens (tertiary/aromatic N) is 2. The first kappa shape index (κ1) is 16.3. The molecule has 0 radical (unpaired) electrons. The van der Waals surface area contributed by atoms with E-state index in [2.05, 4.69) is 5.16 Å². The molecule has 118 valence electrons. The Kier molecular flexibility index (Phi) is 4.64. The number of hydrogen-bond acceptors (Lipinski definition) is 6. The molecule has 2 atom stereocenters. The Balaban J connectivity index is 2.50. The molecule has 2 rings (SSSR count). The fraction of sp³-hybridized carbons (Fsp3) is 0.667.